The Kier molecular flexibility index (Phi) is 2.55. The average Bonchev–Trinajstić information content (AvgIpc) is 2.53. The Morgan fingerprint density at radius 2 is 1.94 bits per heavy atom. The molecule has 16 heavy (non-hydrogen) atoms. The van der Waals surface area contributed by atoms with Gasteiger partial charge in [0.25, 0.3) is 5.91 Å². The number of primary amides is 1. The zero-order chi connectivity index (χ0) is 11.9. The highest BCUT2D eigenvalue weighted by Crippen LogP contribution is 2.30. The minimum Gasteiger partial charge on any atom is -0.364 e. The molecule has 0 saturated heterocycles. The molecule has 1 heterocycles. The average molecular weight is 281 g/mol. The van der Waals surface area contributed by atoms with E-state index in [1.165, 1.54) is 11.5 Å². The van der Waals surface area contributed by atoms with Gasteiger partial charge >= 0.3 is 0 Å². The van der Waals surface area contributed by atoms with Crippen LogP contribution in [0.1, 0.15) is 22.2 Å². The Morgan fingerprint density at radius 3 is 2.50 bits per heavy atom. The minimum absolute atomic E-state index is 0.189. The van der Waals surface area contributed by atoms with Crippen LogP contribution in [0, 0.1) is 0 Å². The summed E-state index contributed by atoms with van der Waals surface area (Å²) in [6, 6.07) is 7.24. The molecule has 0 spiro atoms. The molecule has 0 radical (unpaired) electrons. The van der Waals surface area contributed by atoms with Gasteiger partial charge in [-0.05, 0) is 22.0 Å². The van der Waals surface area contributed by atoms with E-state index in [1.807, 2.05) is 12.1 Å². The van der Waals surface area contributed by atoms with Crippen molar-refractivity contribution in [3.63, 3.8) is 0 Å². The fraction of sp³-hybridized carbons (Fsp3) is 0.0909. The van der Waals surface area contributed by atoms with E-state index in [4.69, 9.17) is 5.73 Å². The zero-order valence-electron chi connectivity index (χ0n) is 8.53. The van der Waals surface area contributed by atoms with Gasteiger partial charge in [0.2, 0.25) is 5.91 Å². The molecule has 5 heteroatoms. The summed E-state index contributed by atoms with van der Waals surface area (Å²) in [6.07, 6.45) is 0. The van der Waals surface area contributed by atoms with E-state index in [9.17, 15) is 9.59 Å². The molecule has 0 aliphatic heterocycles. The zero-order valence-corrected chi connectivity index (χ0v) is 10.1. The second kappa shape index (κ2) is 3.75. The number of carbonyl (C=O) groups excluding carboxylic acids is 2. The van der Waals surface area contributed by atoms with Crippen LogP contribution in [-0.4, -0.2) is 16.4 Å². The first-order chi connectivity index (χ1) is 7.54. The number of benzene rings is 1. The highest BCUT2D eigenvalue weighted by Gasteiger charge is 2.20. The molecule has 1 amide bonds. The topological polar surface area (TPSA) is 65.1 Å². The summed E-state index contributed by atoms with van der Waals surface area (Å²) >= 11 is 3.30. The van der Waals surface area contributed by atoms with Crippen LogP contribution < -0.4 is 5.73 Å². The van der Waals surface area contributed by atoms with E-state index in [1.54, 1.807) is 12.1 Å². The Labute approximate surface area is 100 Å². The van der Waals surface area contributed by atoms with Crippen molar-refractivity contribution in [2.45, 2.75) is 6.92 Å². The van der Waals surface area contributed by atoms with Gasteiger partial charge in [0.05, 0.1) is 9.99 Å². The number of hydrogen-bond acceptors (Lipinski definition) is 2. The van der Waals surface area contributed by atoms with Crippen LogP contribution in [0.15, 0.2) is 28.7 Å². The quantitative estimate of drug-likeness (QED) is 0.870. The van der Waals surface area contributed by atoms with E-state index in [-0.39, 0.29) is 11.6 Å². The van der Waals surface area contributed by atoms with Gasteiger partial charge < -0.3 is 5.73 Å². The lowest BCUT2D eigenvalue weighted by Crippen LogP contribution is -2.20. The van der Waals surface area contributed by atoms with Crippen LogP contribution >= 0.6 is 15.9 Å². The lowest BCUT2D eigenvalue weighted by atomic mass is 10.2. The number of halogens is 1. The standard InChI is InChI=1S/C11H9BrN2O2/c1-6(15)14-8-5-3-2-4-7(8)9(12)10(14)11(13)16/h2-5H,1H3,(H2,13,16). The smallest absolute Gasteiger partial charge is 0.266 e. The molecule has 2 rings (SSSR count). The van der Waals surface area contributed by atoms with E-state index in [0.717, 1.165) is 5.39 Å². The second-order valence-electron chi connectivity index (χ2n) is 3.40. The molecule has 2 N–H and O–H groups in total. The first-order valence-corrected chi connectivity index (χ1v) is 5.43. The normalized spacial score (nSPS) is 10.6. The summed E-state index contributed by atoms with van der Waals surface area (Å²) in [5, 5.41) is 0.798. The van der Waals surface area contributed by atoms with E-state index >= 15 is 0 Å². The Balaban J connectivity index is 2.97. The Hall–Kier alpha value is -1.62. The molecule has 82 valence electrons. The third-order valence-electron chi connectivity index (χ3n) is 2.36. The largest absolute Gasteiger partial charge is 0.364 e. The molecule has 0 aliphatic rings. The maximum atomic E-state index is 11.5. The molecule has 0 bridgehead atoms. The summed E-state index contributed by atoms with van der Waals surface area (Å²) < 4.78 is 1.88. The van der Waals surface area contributed by atoms with Crippen molar-refractivity contribution in [3.8, 4) is 0 Å². The third-order valence-corrected chi connectivity index (χ3v) is 3.16. The van der Waals surface area contributed by atoms with Gasteiger partial charge in [-0.3, -0.25) is 14.2 Å². The highest BCUT2D eigenvalue weighted by molar-refractivity contribution is 9.10. The third kappa shape index (κ3) is 1.44. The van der Waals surface area contributed by atoms with Gasteiger partial charge in [-0.2, -0.15) is 0 Å². The first-order valence-electron chi connectivity index (χ1n) is 4.63. The number of fused-ring (bicyclic) bond motifs is 1. The van der Waals surface area contributed by atoms with E-state index in [0.29, 0.717) is 9.99 Å². The molecule has 0 saturated carbocycles. The maximum Gasteiger partial charge on any atom is 0.266 e. The molecule has 0 aliphatic carbocycles. The molecule has 1 aromatic carbocycles. The summed E-state index contributed by atoms with van der Waals surface area (Å²) in [4.78, 5) is 22.9. The van der Waals surface area contributed by atoms with Crippen LogP contribution in [-0.2, 0) is 0 Å². The Morgan fingerprint density at radius 1 is 1.31 bits per heavy atom. The predicted molar refractivity (Wildman–Crippen MR) is 64.5 cm³/mol. The van der Waals surface area contributed by atoms with Crippen LogP contribution in [0.5, 0.6) is 0 Å². The van der Waals surface area contributed by atoms with Gasteiger partial charge in [0.1, 0.15) is 5.69 Å². The summed E-state index contributed by atoms with van der Waals surface area (Å²) in [5.74, 6) is -0.867. The molecule has 2 aromatic rings. The number of aromatic nitrogens is 1. The van der Waals surface area contributed by atoms with Crippen molar-refractivity contribution in [1.82, 2.24) is 4.57 Å². The SMILES string of the molecule is CC(=O)n1c(C(N)=O)c(Br)c2ccccc21. The lowest BCUT2D eigenvalue weighted by molar-refractivity contribution is 0.0909. The van der Waals surface area contributed by atoms with Gasteiger partial charge in [0.15, 0.2) is 0 Å². The molecular formula is C11H9BrN2O2. The monoisotopic (exact) mass is 280 g/mol. The van der Waals surface area contributed by atoms with Crippen molar-refractivity contribution < 1.29 is 9.59 Å². The number of rotatable bonds is 1. The van der Waals surface area contributed by atoms with E-state index in [2.05, 4.69) is 15.9 Å². The molecular weight excluding hydrogens is 272 g/mol. The van der Waals surface area contributed by atoms with Crippen LogP contribution in [0.4, 0.5) is 0 Å². The number of carbonyl (C=O) groups is 2. The summed E-state index contributed by atoms with van der Waals surface area (Å²) in [7, 11) is 0. The minimum atomic E-state index is -0.627. The molecule has 4 nitrogen and oxygen atoms in total. The highest BCUT2D eigenvalue weighted by atomic mass is 79.9. The molecule has 0 atom stereocenters. The fourth-order valence-corrected chi connectivity index (χ4v) is 2.45. The Bertz CT molecular complexity index is 601. The van der Waals surface area contributed by atoms with Crippen molar-refractivity contribution in [2.75, 3.05) is 0 Å². The van der Waals surface area contributed by atoms with Gasteiger partial charge in [-0.25, -0.2) is 0 Å². The number of nitrogens with two attached hydrogens (primary N) is 1. The van der Waals surface area contributed by atoms with Gasteiger partial charge in [-0.15, -0.1) is 0 Å². The van der Waals surface area contributed by atoms with Crippen LogP contribution in [0.2, 0.25) is 0 Å². The first kappa shape index (κ1) is 10.9. The number of amides is 1. The van der Waals surface area contributed by atoms with Crippen LogP contribution in [0.25, 0.3) is 10.9 Å². The molecule has 0 unspecified atom stereocenters. The lowest BCUT2D eigenvalue weighted by Gasteiger charge is -2.02. The number of nitrogens with zero attached hydrogens (tertiary/aromatic N) is 1. The predicted octanol–water partition coefficient (Wildman–Crippen LogP) is 2.16. The van der Waals surface area contributed by atoms with Crippen molar-refractivity contribution in [2.24, 2.45) is 5.73 Å². The maximum absolute atomic E-state index is 11.5. The summed E-state index contributed by atoms with van der Waals surface area (Å²) in [6.45, 7) is 1.39. The van der Waals surface area contributed by atoms with Crippen molar-refractivity contribution in [1.29, 1.82) is 0 Å². The van der Waals surface area contributed by atoms with Crippen molar-refractivity contribution >= 4 is 38.6 Å². The number of hydrogen-bond donors (Lipinski definition) is 1. The molecule has 0 fully saturated rings. The van der Waals surface area contributed by atoms with Gasteiger partial charge in [0, 0.05) is 12.3 Å². The number of para-hydroxylation sites is 1. The van der Waals surface area contributed by atoms with Crippen LogP contribution in [0.3, 0.4) is 0 Å². The van der Waals surface area contributed by atoms with Gasteiger partial charge in [-0.1, -0.05) is 18.2 Å². The molecule has 1 aromatic heterocycles. The summed E-state index contributed by atoms with van der Waals surface area (Å²) in [5.41, 5.74) is 6.14. The van der Waals surface area contributed by atoms with E-state index < -0.39 is 5.91 Å². The van der Waals surface area contributed by atoms with Crippen molar-refractivity contribution in [3.05, 3.63) is 34.4 Å². The fourth-order valence-electron chi connectivity index (χ4n) is 1.75. The second-order valence-corrected chi connectivity index (χ2v) is 4.19.